The van der Waals surface area contributed by atoms with E-state index in [0.717, 1.165) is 28.1 Å². The van der Waals surface area contributed by atoms with Crippen molar-refractivity contribution in [1.82, 2.24) is 10.1 Å². The summed E-state index contributed by atoms with van der Waals surface area (Å²) in [4.78, 5) is 16.2. The molecule has 124 valence electrons. The minimum Gasteiger partial charge on any atom is -0.506 e. The van der Waals surface area contributed by atoms with Gasteiger partial charge in [0.1, 0.15) is 17.1 Å². The van der Waals surface area contributed by atoms with Crippen LogP contribution in [0.5, 0.6) is 5.75 Å². The molecule has 0 spiro atoms. The molecule has 2 heterocycles. The van der Waals surface area contributed by atoms with Crippen molar-refractivity contribution < 1.29 is 19.2 Å². The van der Waals surface area contributed by atoms with Crippen LogP contribution in [0.1, 0.15) is 34.3 Å². The van der Waals surface area contributed by atoms with Gasteiger partial charge in [0.05, 0.1) is 17.8 Å². The summed E-state index contributed by atoms with van der Waals surface area (Å²) in [6, 6.07) is 3.67. The summed E-state index contributed by atoms with van der Waals surface area (Å²) in [6.07, 6.45) is 1.34. The van der Waals surface area contributed by atoms with Crippen molar-refractivity contribution in [2.75, 3.05) is 6.61 Å². The van der Waals surface area contributed by atoms with E-state index in [4.69, 9.17) is 9.26 Å². The van der Waals surface area contributed by atoms with Crippen LogP contribution >= 0.6 is 0 Å². The molecule has 0 radical (unpaired) electrons. The summed E-state index contributed by atoms with van der Waals surface area (Å²) >= 11 is 0. The lowest BCUT2D eigenvalue weighted by molar-refractivity contribution is 0.0523. The third-order valence-electron chi connectivity index (χ3n) is 3.98. The number of rotatable bonds is 3. The Morgan fingerprint density at radius 1 is 1.29 bits per heavy atom. The van der Waals surface area contributed by atoms with Crippen molar-refractivity contribution in [2.45, 2.75) is 27.7 Å². The minimum absolute atomic E-state index is 0.0637. The summed E-state index contributed by atoms with van der Waals surface area (Å²) in [5.74, 6) is 0.0195. The summed E-state index contributed by atoms with van der Waals surface area (Å²) in [6.45, 7) is 7.61. The number of esters is 1. The van der Waals surface area contributed by atoms with Gasteiger partial charge in [0.2, 0.25) is 0 Å². The Morgan fingerprint density at radius 2 is 2.04 bits per heavy atom. The summed E-state index contributed by atoms with van der Waals surface area (Å²) in [5, 5.41) is 14.9. The number of carbonyl (C=O) groups excluding carboxylic acids is 1. The second-order valence-electron chi connectivity index (χ2n) is 5.62. The Morgan fingerprint density at radius 3 is 2.67 bits per heavy atom. The normalized spacial score (nSPS) is 11.0. The van der Waals surface area contributed by atoms with Crippen molar-refractivity contribution >= 4 is 16.9 Å². The number of aryl methyl sites for hydroxylation is 3. The van der Waals surface area contributed by atoms with Gasteiger partial charge in [-0.15, -0.1) is 0 Å². The maximum absolute atomic E-state index is 11.9. The molecule has 0 atom stereocenters. The van der Waals surface area contributed by atoms with Gasteiger partial charge in [-0.2, -0.15) is 0 Å². The second-order valence-corrected chi connectivity index (χ2v) is 5.62. The van der Waals surface area contributed by atoms with E-state index in [-0.39, 0.29) is 17.9 Å². The fourth-order valence-corrected chi connectivity index (χ4v) is 2.83. The van der Waals surface area contributed by atoms with E-state index in [1.807, 2.05) is 32.9 Å². The number of pyridine rings is 1. The number of benzene rings is 1. The average molecular weight is 326 g/mol. The van der Waals surface area contributed by atoms with E-state index in [1.165, 1.54) is 6.20 Å². The fourth-order valence-electron chi connectivity index (χ4n) is 2.83. The van der Waals surface area contributed by atoms with Gasteiger partial charge in [-0.05, 0) is 51.0 Å². The van der Waals surface area contributed by atoms with Crippen LogP contribution in [-0.4, -0.2) is 27.8 Å². The van der Waals surface area contributed by atoms with Crippen LogP contribution in [0, 0.1) is 20.8 Å². The summed E-state index contributed by atoms with van der Waals surface area (Å²) in [5.41, 5.74) is 4.23. The predicted octanol–water partition coefficient (Wildman–Crippen LogP) is 3.70. The molecule has 0 saturated heterocycles. The Bertz CT molecular complexity index is 924. The highest BCUT2D eigenvalue weighted by Gasteiger charge is 2.19. The lowest BCUT2D eigenvalue weighted by Gasteiger charge is -2.11. The van der Waals surface area contributed by atoms with E-state index in [0.29, 0.717) is 10.9 Å². The largest absolute Gasteiger partial charge is 0.506 e. The van der Waals surface area contributed by atoms with E-state index in [1.54, 1.807) is 6.92 Å². The quantitative estimate of drug-likeness (QED) is 0.739. The monoisotopic (exact) mass is 326 g/mol. The van der Waals surface area contributed by atoms with Gasteiger partial charge in [0.25, 0.3) is 0 Å². The second kappa shape index (κ2) is 5.96. The SMILES string of the molecule is CCOC(=O)c1cnc2cc(-c3c(C)noc3C)c(C)cc2c1O. The van der Waals surface area contributed by atoms with Gasteiger partial charge in [-0.1, -0.05) is 5.16 Å². The van der Waals surface area contributed by atoms with Crippen molar-refractivity contribution in [2.24, 2.45) is 0 Å². The van der Waals surface area contributed by atoms with Crippen molar-refractivity contribution in [3.63, 3.8) is 0 Å². The lowest BCUT2D eigenvalue weighted by atomic mass is 9.96. The Balaban J connectivity index is 2.20. The van der Waals surface area contributed by atoms with Crippen LogP contribution in [0.4, 0.5) is 0 Å². The molecule has 0 fully saturated rings. The number of hydrogen-bond acceptors (Lipinski definition) is 6. The molecule has 6 nitrogen and oxygen atoms in total. The predicted molar refractivity (Wildman–Crippen MR) is 89.1 cm³/mol. The number of aromatic nitrogens is 2. The molecule has 0 aliphatic rings. The highest BCUT2D eigenvalue weighted by molar-refractivity contribution is 6.00. The van der Waals surface area contributed by atoms with Gasteiger partial charge in [-0.25, -0.2) is 4.79 Å². The van der Waals surface area contributed by atoms with Crippen LogP contribution < -0.4 is 0 Å². The number of aromatic hydroxyl groups is 1. The summed E-state index contributed by atoms with van der Waals surface area (Å²) < 4.78 is 10.2. The number of nitrogens with zero attached hydrogens (tertiary/aromatic N) is 2. The molecule has 3 rings (SSSR count). The summed E-state index contributed by atoms with van der Waals surface area (Å²) in [7, 11) is 0. The minimum atomic E-state index is -0.586. The molecule has 1 N–H and O–H groups in total. The number of carbonyl (C=O) groups is 1. The third kappa shape index (κ3) is 2.50. The number of ether oxygens (including phenoxy) is 1. The molecule has 0 aliphatic heterocycles. The first-order chi connectivity index (χ1) is 11.4. The first-order valence-corrected chi connectivity index (χ1v) is 7.66. The molecular weight excluding hydrogens is 308 g/mol. The zero-order chi connectivity index (χ0) is 17.4. The number of fused-ring (bicyclic) bond motifs is 1. The highest BCUT2D eigenvalue weighted by atomic mass is 16.5. The van der Waals surface area contributed by atoms with Gasteiger partial charge in [0.15, 0.2) is 0 Å². The molecule has 3 aromatic rings. The smallest absolute Gasteiger partial charge is 0.343 e. The van der Waals surface area contributed by atoms with Crippen LogP contribution in [0.15, 0.2) is 22.9 Å². The highest BCUT2D eigenvalue weighted by Crippen LogP contribution is 2.35. The van der Waals surface area contributed by atoms with E-state index >= 15 is 0 Å². The molecule has 24 heavy (non-hydrogen) atoms. The van der Waals surface area contributed by atoms with Crippen molar-refractivity contribution in [1.29, 1.82) is 0 Å². The third-order valence-corrected chi connectivity index (χ3v) is 3.98. The van der Waals surface area contributed by atoms with Gasteiger partial charge in [0, 0.05) is 17.1 Å². The van der Waals surface area contributed by atoms with Crippen molar-refractivity contribution in [3.05, 3.63) is 40.9 Å². The van der Waals surface area contributed by atoms with Crippen LogP contribution in [0.25, 0.3) is 22.0 Å². The van der Waals surface area contributed by atoms with Crippen LogP contribution in [0.3, 0.4) is 0 Å². The van der Waals surface area contributed by atoms with E-state index in [9.17, 15) is 9.90 Å². The zero-order valence-corrected chi connectivity index (χ0v) is 14.0. The fraction of sp³-hybridized carbons (Fsp3) is 0.278. The zero-order valence-electron chi connectivity index (χ0n) is 14.0. The Kier molecular flexibility index (Phi) is 3.97. The molecule has 0 unspecified atom stereocenters. The first-order valence-electron chi connectivity index (χ1n) is 7.66. The Hall–Kier alpha value is -2.89. The maximum atomic E-state index is 11.9. The molecular formula is C18H18N2O4. The Labute approximate surface area is 139 Å². The standard InChI is InChI=1S/C18H18N2O4/c1-5-23-18(22)14-8-19-15-7-12(9(2)6-13(15)17(14)21)16-10(3)20-24-11(16)4/h6-8H,5H2,1-4H3,(H,19,21). The van der Waals surface area contributed by atoms with E-state index < -0.39 is 5.97 Å². The topological polar surface area (TPSA) is 85.5 Å². The molecule has 2 aromatic heterocycles. The first kappa shape index (κ1) is 16.0. The van der Waals surface area contributed by atoms with Crippen LogP contribution in [0.2, 0.25) is 0 Å². The average Bonchev–Trinajstić information content (AvgIpc) is 2.87. The molecule has 0 bridgehead atoms. The molecule has 0 amide bonds. The van der Waals surface area contributed by atoms with E-state index in [2.05, 4.69) is 10.1 Å². The molecule has 1 aromatic carbocycles. The van der Waals surface area contributed by atoms with Gasteiger partial charge < -0.3 is 14.4 Å². The van der Waals surface area contributed by atoms with Crippen LogP contribution in [-0.2, 0) is 4.74 Å². The lowest BCUT2D eigenvalue weighted by Crippen LogP contribution is -2.05. The maximum Gasteiger partial charge on any atom is 0.343 e. The molecule has 0 aliphatic carbocycles. The van der Waals surface area contributed by atoms with Crippen molar-refractivity contribution in [3.8, 4) is 16.9 Å². The molecule has 0 saturated carbocycles. The number of hydrogen-bond donors (Lipinski definition) is 1. The van der Waals surface area contributed by atoms with Gasteiger partial charge in [-0.3, -0.25) is 4.98 Å². The van der Waals surface area contributed by atoms with Gasteiger partial charge >= 0.3 is 5.97 Å². The molecule has 6 heteroatoms.